The van der Waals surface area contributed by atoms with Crippen LogP contribution in [0.25, 0.3) is 16.9 Å². The van der Waals surface area contributed by atoms with E-state index in [2.05, 4.69) is 20.6 Å². The molecular formula is C26H24FN5O3. The van der Waals surface area contributed by atoms with E-state index in [1.807, 2.05) is 32.0 Å². The van der Waals surface area contributed by atoms with Crippen molar-refractivity contribution in [1.29, 1.82) is 0 Å². The highest BCUT2D eigenvalue weighted by Gasteiger charge is 2.28. The van der Waals surface area contributed by atoms with Gasteiger partial charge in [0.05, 0.1) is 30.7 Å². The summed E-state index contributed by atoms with van der Waals surface area (Å²) in [5.74, 6) is 0.313. The lowest BCUT2D eigenvalue weighted by atomic mass is 10.0. The van der Waals surface area contributed by atoms with Crippen LogP contribution < -0.4 is 14.8 Å². The molecule has 0 aliphatic carbocycles. The molecule has 5 rings (SSSR count). The van der Waals surface area contributed by atoms with Gasteiger partial charge in [-0.2, -0.15) is 5.10 Å². The highest BCUT2D eigenvalue weighted by Crippen LogP contribution is 2.39. The van der Waals surface area contributed by atoms with Gasteiger partial charge in [-0.25, -0.2) is 9.07 Å². The van der Waals surface area contributed by atoms with E-state index in [9.17, 15) is 9.18 Å². The van der Waals surface area contributed by atoms with E-state index in [1.165, 1.54) is 19.2 Å². The Morgan fingerprint density at radius 3 is 2.74 bits per heavy atom. The zero-order valence-electron chi connectivity index (χ0n) is 19.6. The van der Waals surface area contributed by atoms with Gasteiger partial charge in [0.25, 0.3) is 5.91 Å². The van der Waals surface area contributed by atoms with Crippen LogP contribution in [0.15, 0.2) is 54.6 Å². The van der Waals surface area contributed by atoms with Crippen molar-refractivity contribution in [3.05, 3.63) is 82.9 Å². The van der Waals surface area contributed by atoms with Gasteiger partial charge >= 0.3 is 0 Å². The van der Waals surface area contributed by atoms with Gasteiger partial charge in [-0.05, 0) is 56.3 Å². The summed E-state index contributed by atoms with van der Waals surface area (Å²) in [6.45, 7) is 4.17. The van der Waals surface area contributed by atoms with Crippen molar-refractivity contribution in [1.82, 2.24) is 25.3 Å². The van der Waals surface area contributed by atoms with Gasteiger partial charge in [0, 0.05) is 34.9 Å². The summed E-state index contributed by atoms with van der Waals surface area (Å²) in [6, 6.07) is 15.5. The number of hydrogen-bond donors (Lipinski definition) is 1. The third kappa shape index (κ3) is 4.57. The molecule has 8 nitrogen and oxygen atoms in total. The predicted molar refractivity (Wildman–Crippen MR) is 127 cm³/mol. The molecule has 4 aromatic rings. The number of carbonyl (C=O) groups is 1. The van der Waals surface area contributed by atoms with Crippen molar-refractivity contribution in [3.8, 4) is 28.6 Å². The van der Waals surface area contributed by atoms with E-state index < -0.39 is 0 Å². The summed E-state index contributed by atoms with van der Waals surface area (Å²) in [7, 11) is 1.50. The van der Waals surface area contributed by atoms with Crippen LogP contribution in [0.5, 0.6) is 11.6 Å². The van der Waals surface area contributed by atoms with Crippen LogP contribution in [0, 0.1) is 19.7 Å². The van der Waals surface area contributed by atoms with E-state index in [-0.39, 0.29) is 24.4 Å². The molecule has 0 saturated heterocycles. The summed E-state index contributed by atoms with van der Waals surface area (Å²) in [5.41, 5.74) is 4.95. The molecule has 178 valence electrons. The summed E-state index contributed by atoms with van der Waals surface area (Å²) in [6.07, 6.45) is 0.135. The second kappa shape index (κ2) is 9.17. The number of aryl methyl sites for hydroxylation is 2. The topological polar surface area (TPSA) is 91.2 Å². The molecule has 1 aliphatic rings. The molecule has 1 atom stereocenters. The first-order valence-electron chi connectivity index (χ1n) is 11.2. The van der Waals surface area contributed by atoms with Crippen LogP contribution in [0.3, 0.4) is 0 Å². The molecular weight excluding hydrogens is 449 g/mol. The summed E-state index contributed by atoms with van der Waals surface area (Å²) in [4.78, 5) is 12.9. The Kier molecular flexibility index (Phi) is 5.90. The van der Waals surface area contributed by atoms with Crippen LogP contribution in [-0.2, 0) is 6.42 Å². The fourth-order valence-corrected chi connectivity index (χ4v) is 4.25. The number of nitrogens with one attached hydrogen (secondary N) is 1. The molecule has 2 aromatic heterocycles. The number of aromatic nitrogens is 4. The Morgan fingerprint density at radius 1 is 1.17 bits per heavy atom. The smallest absolute Gasteiger partial charge is 0.251 e. The van der Waals surface area contributed by atoms with Crippen molar-refractivity contribution >= 4 is 5.91 Å². The molecule has 1 amide bonds. The Morgan fingerprint density at radius 2 is 2.03 bits per heavy atom. The van der Waals surface area contributed by atoms with Crippen LogP contribution in [0.1, 0.15) is 27.3 Å². The van der Waals surface area contributed by atoms with Crippen molar-refractivity contribution < 1.29 is 18.7 Å². The van der Waals surface area contributed by atoms with Gasteiger partial charge in [0.15, 0.2) is 0 Å². The zero-order chi connectivity index (χ0) is 24.5. The molecule has 0 radical (unpaired) electrons. The predicted octanol–water partition coefficient (Wildman–Crippen LogP) is 3.83. The maximum absolute atomic E-state index is 14.3. The monoisotopic (exact) mass is 473 g/mol. The summed E-state index contributed by atoms with van der Waals surface area (Å²) >= 11 is 0. The molecule has 0 saturated carbocycles. The molecule has 0 bridgehead atoms. The number of ether oxygens (including phenoxy) is 2. The Labute approximate surface area is 201 Å². The molecule has 1 N–H and O–H groups in total. The van der Waals surface area contributed by atoms with Crippen LogP contribution in [0.2, 0.25) is 0 Å². The third-order valence-corrected chi connectivity index (χ3v) is 5.84. The highest BCUT2D eigenvalue weighted by molar-refractivity contribution is 5.94. The number of nitrogens with zero attached hydrogens (tertiary/aromatic N) is 4. The van der Waals surface area contributed by atoms with Gasteiger partial charge in [0.2, 0.25) is 5.88 Å². The number of fused-ring (bicyclic) bond motifs is 1. The molecule has 2 aromatic carbocycles. The van der Waals surface area contributed by atoms with Gasteiger partial charge in [-0.3, -0.25) is 4.79 Å². The van der Waals surface area contributed by atoms with E-state index in [4.69, 9.17) is 9.47 Å². The second-order valence-corrected chi connectivity index (χ2v) is 8.45. The standard InChI is InChI=1S/C26H24FN5O3/c1-15-9-16(2)32(31-15)20-6-4-5-17(11-20)26(33)28-14-21-12-18-10-19(27)13-22(25(18)35-21)23-7-8-24(34-3)30-29-23/h4-11,13,21H,12,14H2,1-3H3,(H,28,33)/t21-/m1/s1. The number of hydrogen-bond acceptors (Lipinski definition) is 6. The average Bonchev–Trinajstić information content (AvgIpc) is 3.43. The molecule has 35 heavy (non-hydrogen) atoms. The van der Waals surface area contributed by atoms with E-state index >= 15 is 0 Å². The van der Waals surface area contributed by atoms with Crippen LogP contribution >= 0.6 is 0 Å². The number of halogens is 1. The molecule has 3 heterocycles. The lowest BCUT2D eigenvalue weighted by Crippen LogP contribution is -2.34. The average molecular weight is 474 g/mol. The molecule has 9 heteroatoms. The van der Waals surface area contributed by atoms with Crippen LogP contribution in [-0.4, -0.2) is 45.6 Å². The maximum atomic E-state index is 14.3. The van der Waals surface area contributed by atoms with Gasteiger partial charge in [-0.15, -0.1) is 10.2 Å². The largest absolute Gasteiger partial charge is 0.487 e. The molecule has 0 unspecified atom stereocenters. The van der Waals surface area contributed by atoms with Gasteiger partial charge < -0.3 is 14.8 Å². The van der Waals surface area contributed by atoms with Gasteiger partial charge in [-0.1, -0.05) is 6.07 Å². The Balaban J connectivity index is 1.29. The first-order chi connectivity index (χ1) is 16.9. The lowest BCUT2D eigenvalue weighted by molar-refractivity contribution is 0.0933. The van der Waals surface area contributed by atoms with Crippen molar-refractivity contribution in [2.75, 3.05) is 13.7 Å². The zero-order valence-corrected chi connectivity index (χ0v) is 19.6. The minimum Gasteiger partial charge on any atom is -0.487 e. The van der Waals surface area contributed by atoms with E-state index in [0.29, 0.717) is 34.9 Å². The summed E-state index contributed by atoms with van der Waals surface area (Å²) in [5, 5.41) is 15.5. The SMILES string of the molecule is COc1ccc(-c2cc(F)cc3c2O[C@@H](CNC(=O)c2cccc(-n4nc(C)cc4C)c2)C3)nn1. The maximum Gasteiger partial charge on any atom is 0.251 e. The van der Waals surface area contributed by atoms with E-state index in [1.54, 1.807) is 28.9 Å². The quantitative estimate of drug-likeness (QED) is 0.458. The first-order valence-corrected chi connectivity index (χ1v) is 11.2. The lowest BCUT2D eigenvalue weighted by Gasteiger charge is -2.14. The highest BCUT2D eigenvalue weighted by atomic mass is 19.1. The minimum atomic E-state index is -0.384. The number of rotatable bonds is 6. The van der Waals surface area contributed by atoms with Crippen molar-refractivity contribution in [3.63, 3.8) is 0 Å². The third-order valence-electron chi connectivity index (χ3n) is 5.84. The second-order valence-electron chi connectivity index (χ2n) is 8.45. The fraction of sp³-hybridized carbons (Fsp3) is 0.231. The van der Waals surface area contributed by atoms with Crippen molar-refractivity contribution in [2.45, 2.75) is 26.4 Å². The number of methoxy groups -OCH3 is 1. The Bertz CT molecular complexity index is 1400. The van der Waals surface area contributed by atoms with E-state index in [0.717, 1.165) is 22.6 Å². The first kappa shape index (κ1) is 22.5. The van der Waals surface area contributed by atoms with Crippen LogP contribution in [0.4, 0.5) is 4.39 Å². The Hall–Kier alpha value is -4.27. The van der Waals surface area contributed by atoms with Crippen molar-refractivity contribution in [2.24, 2.45) is 0 Å². The number of benzene rings is 2. The molecule has 0 spiro atoms. The minimum absolute atomic E-state index is 0.222. The molecule has 0 fully saturated rings. The fourth-order valence-electron chi connectivity index (χ4n) is 4.25. The number of amides is 1. The summed E-state index contributed by atoms with van der Waals surface area (Å²) < 4.78 is 27.3. The normalized spacial score (nSPS) is 14.3. The molecule has 1 aliphatic heterocycles. The number of carbonyl (C=O) groups excluding carboxylic acids is 1. The van der Waals surface area contributed by atoms with Gasteiger partial charge in [0.1, 0.15) is 17.7 Å².